The summed E-state index contributed by atoms with van der Waals surface area (Å²) in [6.07, 6.45) is -0.403. The molecule has 21 heavy (non-hydrogen) atoms. The molecule has 3 aliphatic rings. The van der Waals surface area contributed by atoms with E-state index in [1.165, 1.54) is 0 Å². The van der Waals surface area contributed by atoms with Gasteiger partial charge in [-0.3, -0.25) is 4.79 Å². The van der Waals surface area contributed by atoms with E-state index in [0.29, 0.717) is 13.0 Å². The molecule has 2 saturated heterocycles. The molecule has 1 saturated carbocycles. The number of rotatable bonds is 4. The third-order valence-corrected chi connectivity index (χ3v) is 8.19. The summed E-state index contributed by atoms with van der Waals surface area (Å²) in [5, 5.41) is 23.3. The summed E-state index contributed by atoms with van der Waals surface area (Å²) in [5.74, 6) is -0.590. The maximum atomic E-state index is 12.9. The van der Waals surface area contributed by atoms with Gasteiger partial charge in [-0.15, -0.1) is 0 Å². The highest BCUT2D eigenvalue weighted by molar-refractivity contribution is 7.93. The molecule has 2 heterocycles. The minimum atomic E-state index is -3.43. The van der Waals surface area contributed by atoms with Crippen molar-refractivity contribution in [2.45, 2.75) is 35.5 Å². The zero-order chi connectivity index (χ0) is 15.4. The first kappa shape index (κ1) is 15.2. The van der Waals surface area contributed by atoms with Crippen LogP contribution in [0.5, 0.6) is 0 Å². The molecule has 7 nitrogen and oxygen atoms in total. The van der Waals surface area contributed by atoms with E-state index < -0.39 is 33.0 Å². The summed E-state index contributed by atoms with van der Waals surface area (Å²) in [5.41, 5.74) is 0. The van der Waals surface area contributed by atoms with Crippen LogP contribution in [-0.2, 0) is 14.6 Å². The molecular formula is C13H22N2O5S. The van der Waals surface area contributed by atoms with Crippen molar-refractivity contribution in [1.82, 2.24) is 10.6 Å². The first-order valence-electron chi connectivity index (χ1n) is 7.38. The van der Waals surface area contributed by atoms with E-state index >= 15 is 0 Å². The first-order chi connectivity index (χ1) is 9.91. The second-order valence-electron chi connectivity index (χ2n) is 6.40. The Morgan fingerprint density at radius 2 is 2.19 bits per heavy atom. The summed E-state index contributed by atoms with van der Waals surface area (Å²) >= 11 is 0. The molecule has 3 unspecified atom stereocenters. The smallest absolute Gasteiger partial charge is 0.223 e. The van der Waals surface area contributed by atoms with Crippen LogP contribution in [0.15, 0.2) is 0 Å². The van der Waals surface area contributed by atoms with Gasteiger partial charge in [-0.05, 0) is 25.8 Å². The van der Waals surface area contributed by atoms with Crippen molar-refractivity contribution in [3.05, 3.63) is 0 Å². The Hall–Kier alpha value is -0.700. The van der Waals surface area contributed by atoms with Gasteiger partial charge in [0, 0.05) is 24.4 Å². The summed E-state index contributed by atoms with van der Waals surface area (Å²) in [4.78, 5) is 12.0. The molecule has 1 aliphatic carbocycles. The molecule has 0 spiro atoms. The molecule has 0 radical (unpaired) electrons. The highest BCUT2D eigenvalue weighted by Crippen LogP contribution is 2.52. The zero-order valence-corrected chi connectivity index (χ0v) is 12.7. The number of nitrogens with one attached hydrogen (secondary N) is 2. The minimum absolute atomic E-state index is 0.0123. The number of amides is 1. The molecule has 0 aromatic heterocycles. The number of carbonyl (C=O) groups is 1. The van der Waals surface area contributed by atoms with Crippen molar-refractivity contribution < 1.29 is 23.4 Å². The normalized spacial score (nSPS) is 45.2. The number of hydrogen-bond acceptors (Lipinski definition) is 6. The highest BCUT2D eigenvalue weighted by Gasteiger charge is 2.65. The van der Waals surface area contributed by atoms with Crippen LogP contribution in [0, 0.1) is 17.8 Å². The van der Waals surface area contributed by atoms with Gasteiger partial charge in [0.25, 0.3) is 0 Å². The fourth-order valence-corrected chi connectivity index (χ4v) is 7.76. The minimum Gasteiger partial charge on any atom is -0.394 e. The Labute approximate surface area is 124 Å². The lowest BCUT2D eigenvalue weighted by molar-refractivity contribution is -0.127. The second kappa shape index (κ2) is 5.19. The quantitative estimate of drug-likeness (QED) is 0.470. The van der Waals surface area contributed by atoms with Gasteiger partial charge in [0.05, 0.1) is 23.2 Å². The van der Waals surface area contributed by atoms with Crippen molar-refractivity contribution >= 4 is 15.7 Å². The maximum Gasteiger partial charge on any atom is 0.223 e. The molecule has 2 bridgehead atoms. The fourth-order valence-electron chi connectivity index (χ4n) is 4.60. The van der Waals surface area contributed by atoms with E-state index in [-0.39, 0.29) is 36.1 Å². The Kier molecular flexibility index (Phi) is 3.76. The Morgan fingerprint density at radius 1 is 1.48 bits per heavy atom. The van der Waals surface area contributed by atoms with Crippen LogP contribution in [-0.4, -0.2) is 67.4 Å². The molecule has 3 fully saturated rings. The van der Waals surface area contributed by atoms with Crippen LogP contribution in [0.4, 0.5) is 0 Å². The first-order valence-corrected chi connectivity index (χ1v) is 8.99. The molecule has 7 atom stereocenters. The molecule has 120 valence electrons. The van der Waals surface area contributed by atoms with Crippen molar-refractivity contribution in [3.63, 3.8) is 0 Å². The van der Waals surface area contributed by atoms with E-state index in [0.717, 1.165) is 0 Å². The van der Waals surface area contributed by atoms with Gasteiger partial charge in [-0.1, -0.05) is 0 Å². The standard InChI is InChI=1S/C13H22N2O5S/c1-14-11-9(3-7(17)5-16)21(19,20)12-6-2-8(10(11)12)13(18)15-4-6/h6-12,14,16-17H,2-5H2,1H3,(H,15,18)/t6-,7?,8-,9-,10?,11?,12-/m0/s1. The number of aliphatic hydroxyl groups is 2. The molecular weight excluding hydrogens is 296 g/mol. The van der Waals surface area contributed by atoms with Gasteiger partial charge in [0.1, 0.15) is 0 Å². The van der Waals surface area contributed by atoms with Crippen LogP contribution < -0.4 is 10.6 Å². The van der Waals surface area contributed by atoms with Crippen LogP contribution in [0.1, 0.15) is 12.8 Å². The van der Waals surface area contributed by atoms with Gasteiger partial charge >= 0.3 is 0 Å². The number of carbonyl (C=O) groups excluding carboxylic acids is 1. The molecule has 0 aromatic rings. The Morgan fingerprint density at radius 3 is 2.81 bits per heavy atom. The predicted molar refractivity (Wildman–Crippen MR) is 75.1 cm³/mol. The monoisotopic (exact) mass is 318 g/mol. The average Bonchev–Trinajstić information content (AvgIpc) is 2.88. The SMILES string of the molecule is CNC1C2[C@@H]3C[C@@H](CNC3=O)[C@@H]2S(=O)(=O)[C@H]1CC(O)CO. The van der Waals surface area contributed by atoms with Crippen molar-refractivity contribution in [2.24, 2.45) is 17.8 Å². The van der Waals surface area contributed by atoms with Gasteiger partial charge in [0.15, 0.2) is 9.84 Å². The lowest BCUT2D eigenvalue weighted by Crippen LogP contribution is -2.47. The van der Waals surface area contributed by atoms with E-state index in [9.17, 15) is 18.3 Å². The van der Waals surface area contributed by atoms with E-state index in [4.69, 9.17) is 5.11 Å². The van der Waals surface area contributed by atoms with E-state index in [1.807, 2.05) is 0 Å². The molecule has 3 rings (SSSR count). The summed E-state index contributed by atoms with van der Waals surface area (Å²) < 4.78 is 25.7. The topological polar surface area (TPSA) is 116 Å². The average molecular weight is 318 g/mol. The van der Waals surface area contributed by atoms with Gasteiger partial charge < -0.3 is 20.8 Å². The summed E-state index contributed by atoms with van der Waals surface area (Å²) in [7, 11) is -1.74. The second-order valence-corrected chi connectivity index (χ2v) is 8.73. The summed E-state index contributed by atoms with van der Waals surface area (Å²) in [6, 6.07) is -0.347. The molecule has 8 heteroatoms. The number of aliphatic hydroxyl groups excluding tert-OH is 2. The number of fused-ring (bicyclic) bond motifs is 5. The lowest BCUT2D eigenvalue weighted by Gasteiger charge is -2.29. The molecule has 4 N–H and O–H groups in total. The van der Waals surface area contributed by atoms with Crippen molar-refractivity contribution in [3.8, 4) is 0 Å². The Bertz CT molecular complexity index is 537. The summed E-state index contributed by atoms with van der Waals surface area (Å²) in [6.45, 7) is -0.0352. The number of piperidine rings is 1. The van der Waals surface area contributed by atoms with Crippen LogP contribution >= 0.6 is 0 Å². The third kappa shape index (κ3) is 2.11. The van der Waals surface area contributed by atoms with Gasteiger partial charge in [0.2, 0.25) is 5.91 Å². The molecule has 0 aromatic carbocycles. The van der Waals surface area contributed by atoms with Crippen molar-refractivity contribution in [2.75, 3.05) is 20.2 Å². The van der Waals surface area contributed by atoms with Gasteiger partial charge in [-0.2, -0.15) is 0 Å². The predicted octanol–water partition coefficient (Wildman–Crippen LogP) is -2.13. The van der Waals surface area contributed by atoms with Crippen LogP contribution in [0.2, 0.25) is 0 Å². The third-order valence-electron chi connectivity index (χ3n) is 5.41. The number of sulfone groups is 1. The highest BCUT2D eigenvalue weighted by atomic mass is 32.2. The van der Waals surface area contributed by atoms with Crippen LogP contribution in [0.3, 0.4) is 0 Å². The van der Waals surface area contributed by atoms with Crippen LogP contribution in [0.25, 0.3) is 0 Å². The van der Waals surface area contributed by atoms with E-state index in [1.54, 1.807) is 7.05 Å². The maximum absolute atomic E-state index is 12.9. The largest absolute Gasteiger partial charge is 0.394 e. The van der Waals surface area contributed by atoms with Crippen molar-refractivity contribution in [1.29, 1.82) is 0 Å². The van der Waals surface area contributed by atoms with Gasteiger partial charge in [-0.25, -0.2) is 8.42 Å². The number of hydrogen-bond donors (Lipinski definition) is 4. The fraction of sp³-hybridized carbons (Fsp3) is 0.923. The lowest BCUT2D eigenvalue weighted by atomic mass is 9.85. The Balaban J connectivity index is 1.97. The molecule has 1 amide bonds. The zero-order valence-electron chi connectivity index (χ0n) is 11.9. The molecule has 2 aliphatic heterocycles. The van der Waals surface area contributed by atoms with E-state index in [2.05, 4.69) is 10.6 Å².